The molecule has 0 aliphatic carbocycles. The van der Waals surface area contributed by atoms with E-state index in [-0.39, 0.29) is 28.9 Å². The molecule has 3 aromatic rings. The standard InChI is InChI=1S/C20H13FN2O4/c21-13-4-6-14(7-5-13)23-19(25)16-8-3-12(10-17(16)20(23)26)18(24)22-11-15-2-1-9-27-15/h1-10H,11H2,(H,22,24). The van der Waals surface area contributed by atoms with Crippen LogP contribution in [0.5, 0.6) is 0 Å². The number of halogens is 1. The monoisotopic (exact) mass is 364 g/mol. The molecule has 0 saturated carbocycles. The lowest BCUT2D eigenvalue weighted by Crippen LogP contribution is -2.29. The summed E-state index contributed by atoms with van der Waals surface area (Å²) in [5, 5.41) is 2.68. The topological polar surface area (TPSA) is 79.6 Å². The predicted molar refractivity (Wildman–Crippen MR) is 93.9 cm³/mol. The van der Waals surface area contributed by atoms with Gasteiger partial charge in [0.05, 0.1) is 29.6 Å². The zero-order chi connectivity index (χ0) is 19.0. The minimum absolute atomic E-state index is 0.134. The number of nitrogens with zero attached hydrogens (tertiary/aromatic N) is 1. The zero-order valence-corrected chi connectivity index (χ0v) is 13.9. The Morgan fingerprint density at radius 1 is 1.00 bits per heavy atom. The van der Waals surface area contributed by atoms with Gasteiger partial charge in [0.2, 0.25) is 0 Å². The van der Waals surface area contributed by atoms with Crippen LogP contribution in [-0.4, -0.2) is 17.7 Å². The molecule has 0 bridgehead atoms. The number of rotatable bonds is 4. The van der Waals surface area contributed by atoms with E-state index in [1.165, 1.54) is 48.7 Å². The number of carbonyl (C=O) groups excluding carboxylic acids is 3. The Bertz CT molecular complexity index is 1040. The summed E-state index contributed by atoms with van der Waals surface area (Å²) in [7, 11) is 0. The van der Waals surface area contributed by atoms with Crippen LogP contribution in [0.1, 0.15) is 36.8 Å². The number of imide groups is 1. The fraction of sp³-hybridized carbons (Fsp3) is 0.0500. The van der Waals surface area contributed by atoms with Crippen LogP contribution in [-0.2, 0) is 6.54 Å². The van der Waals surface area contributed by atoms with Crippen molar-refractivity contribution in [2.75, 3.05) is 4.90 Å². The Morgan fingerprint density at radius 2 is 1.74 bits per heavy atom. The minimum Gasteiger partial charge on any atom is -0.467 e. The van der Waals surface area contributed by atoms with Crippen LogP contribution in [0.2, 0.25) is 0 Å². The lowest BCUT2D eigenvalue weighted by atomic mass is 10.1. The molecule has 3 amide bonds. The number of fused-ring (bicyclic) bond motifs is 1. The van der Waals surface area contributed by atoms with Crippen LogP contribution in [0.25, 0.3) is 0 Å². The van der Waals surface area contributed by atoms with Crippen LogP contribution in [0.3, 0.4) is 0 Å². The van der Waals surface area contributed by atoms with Gasteiger partial charge in [-0.15, -0.1) is 0 Å². The third kappa shape index (κ3) is 2.99. The molecule has 7 heteroatoms. The number of anilines is 1. The fourth-order valence-electron chi connectivity index (χ4n) is 2.89. The van der Waals surface area contributed by atoms with Crippen molar-refractivity contribution in [1.29, 1.82) is 0 Å². The molecular weight excluding hydrogens is 351 g/mol. The number of benzene rings is 2. The summed E-state index contributed by atoms with van der Waals surface area (Å²) in [6, 6.07) is 12.8. The lowest BCUT2D eigenvalue weighted by molar-refractivity contribution is 0.0923. The molecule has 0 unspecified atom stereocenters. The van der Waals surface area contributed by atoms with E-state index in [0.29, 0.717) is 5.76 Å². The number of carbonyl (C=O) groups is 3. The van der Waals surface area contributed by atoms with Gasteiger partial charge >= 0.3 is 0 Å². The van der Waals surface area contributed by atoms with Crippen LogP contribution in [0, 0.1) is 5.82 Å². The van der Waals surface area contributed by atoms with E-state index in [9.17, 15) is 18.8 Å². The van der Waals surface area contributed by atoms with Gasteiger partial charge in [-0.2, -0.15) is 0 Å². The second-order valence-corrected chi connectivity index (χ2v) is 5.94. The molecule has 1 N–H and O–H groups in total. The summed E-state index contributed by atoms with van der Waals surface area (Å²) in [6.07, 6.45) is 1.51. The highest BCUT2D eigenvalue weighted by molar-refractivity contribution is 6.34. The van der Waals surface area contributed by atoms with Crippen molar-refractivity contribution in [3.05, 3.63) is 89.1 Å². The second-order valence-electron chi connectivity index (χ2n) is 5.94. The quantitative estimate of drug-likeness (QED) is 0.721. The lowest BCUT2D eigenvalue weighted by Gasteiger charge is -2.13. The average molecular weight is 364 g/mol. The summed E-state index contributed by atoms with van der Waals surface area (Å²) in [5.74, 6) is -1.33. The van der Waals surface area contributed by atoms with Crippen molar-refractivity contribution < 1.29 is 23.2 Å². The Hall–Kier alpha value is -3.74. The van der Waals surface area contributed by atoms with E-state index in [1.54, 1.807) is 12.1 Å². The number of amides is 3. The Morgan fingerprint density at radius 3 is 2.44 bits per heavy atom. The summed E-state index contributed by atoms with van der Waals surface area (Å²) in [5.41, 5.74) is 0.857. The molecule has 0 saturated heterocycles. The maximum absolute atomic E-state index is 13.1. The summed E-state index contributed by atoms with van der Waals surface area (Å²) in [6.45, 7) is 0.206. The Balaban J connectivity index is 1.58. The molecule has 1 aliphatic rings. The molecule has 6 nitrogen and oxygen atoms in total. The fourth-order valence-corrected chi connectivity index (χ4v) is 2.89. The molecule has 0 atom stereocenters. The predicted octanol–water partition coefficient (Wildman–Crippen LogP) is 3.15. The van der Waals surface area contributed by atoms with Gasteiger partial charge in [-0.3, -0.25) is 14.4 Å². The van der Waals surface area contributed by atoms with E-state index < -0.39 is 23.5 Å². The highest BCUT2D eigenvalue weighted by Crippen LogP contribution is 2.29. The largest absolute Gasteiger partial charge is 0.467 e. The zero-order valence-electron chi connectivity index (χ0n) is 13.9. The average Bonchev–Trinajstić information content (AvgIpc) is 3.28. The van der Waals surface area contributed by atoms with Crippen molar-refractivity contribution in [3.8, 4) is 0 Å². The van der Waals surface area contributed by atoms with Crippen molar-refractivity contribution >= 4 is 23.4 Å². The molecule has 1 aliphatic heterocycles. The van der Waals surface area contributed by atoms with Crippen molar-refractivity contribution in [3.63, 3.8) is 0 Å². The van der Waals surface area contributed by atoms with Gasteiger partial charge in [-0.25, -0.2) is 9.29 Å². The first kappa shape index (κ1) is 16.7. The van der Waals surface area contributed by atoms with E-state index in [4.69, 9.17) is 4.42 Å². The maximum atomic E-state index is 13.1. The summed E-state index contributed by atoms with van der Waals surface area (Å²) < 4.78 is 18.3. The van der Waals surface area contributed by atoms with E-state index in [2.05, 4.69) is 5.32 Å². The van der Waals surface area contributed by atoms with Crippen LogP contribution >= 0.6 is 0 Å². The van der Waals surface area contributed by atoms with E-state index >= 15 is 0 Å². The second kappa shape index (κ2) is 6.53. The minimum atomic E-state index is -0.553. The highest BCUT2D eigenvalue weighted by Gasteiger charge is 2.37. The molecule has 0 fully saturated rings. The number of furan rings is 1. The SMILES string of the molecule is O=C(NCc1ccco1)c1ccc2c(c1)C(=O)N(c1ccc(F)cc1)C2=O. The normalized spacial score (nSPS) is 13.0. The molecular formula is C20H13FN2O4. The first-order valence-corrected chi connectivity index (χ1v) is 8.13. The maximum Gasteiger partial charge on any atom is 0.266 e. The summed E-state index contributed by atoms with van der Waals surface area (Å²) in [4.78, 5) is 38.5. The van der Waals surface area contributed by atoms with Gasteiger partial charge < -0.3 is 9.73 Å². The molecule has 2 heterocycles. The third-order valence-electron chi connectivity index (χ3n) is 4.24. The first-order valence-electron chi connectivity index (χ1n) is 8.13. The van der Waals surface area contributed by atoms with Gasteiger partial charge in [0, 0.05) is 5.56 Å². The molecule has 0 radical (unpaired) electrons. The smallest absolute Gasteiger partial charge is 0.266 e. The molecule has 4 rings (SSSR count). The number of nitrogens with one attached hydrogen (secondary N) is 1. The molecule has 1 aromatic heterocycles. The molecule has 134 valence electrons. The van der Waals surface area contributed by atoms with Gasteiger partial charge in [0.25, 0.3) is 17.7 Å². The van der Waals surface area contributed by atoms with Gasteiger partial charge in [-0.05, 0) is 54.6 Å². The van der Waals surface area contributed by atoms with E-state index in [1.807, 2.05) is 0 Å². The molecule has 27 heavy (non-hydrogen) atoms. The highest BCUT2D eigenvalue weighted by atomic mass is 19.1. The van der Waals surface area contributed by atoms with Crippen molar-refractivity contribution in [2.45, 2.75) is 6.54 Å². The third-order valence-corrected chi connectivity index (χ3v) is 4.24. The van der Waals surface area contributed by atoms with Crippen molar-refractivity contribution in [2.24, 2.45) is 0 Å². The van der Waals surface area contributed by atoms with Gasteiger partial charge in [0.15, 0.2) is 0 Å². The van der Waals surface area contributed by atoms with Gasteiger partial charge in [0.1, 0.15) is 11.6 Å². The first-order chi connectivity index (χ1) is 13.0. The number of hydrogen-bond acceptors (Lipinski definition) is 4. The van der Waals surface area contributed by atoms with Crippen LogP contribution in [0.15, 0.2) is 65.3 Å². The van der Waals surface area contributed by atoms with Gasteiger partial charge in [-0.1, -0.05) is 0 Å². The summed E-state index contributed by atoms with van der Waals surface area (Å²) >= 11 is 0. The van der Waals surface area contributed by atoms with E-state index in [0.717, 1.165) is 4.90 Å². The van der Waals surface area contributed by atoms with Crippen molar-refractivity contribution in [1.82, 2.24) is 5.32 Å². The Kier molecular flexibility index (Phi) is 4.04. The Labute approximate surface area is 153 Å². The van der Waals surface area contributed by atoms with Crippen LogP contribution in [0.4, 0.5) is 10.1 Å². The van der Waals surface area contributed by atoms with Crippen LogP contribution < -0.4 is 10.2 Å². The molecule has 2 aromatic carbocycles. The molecule has 0 spiro atoms. The number of hydrogen-bond donors (Lipinski definition) is 1.